The van der Waals surface area contributed by atoms with Crippen LogP contribution in [0.1, 0.15) is 66.8 Å². The number of ketones is 2. The van der Waals surface area contributed by atoms with E-state index in [-0.39, 0.29) is 23.4 Å². The van der Waals surface area contributed by atoms with Crippen LogP contribution in [0.2, 0.25) is 0 Å². The summed E-state index contributed by atoms with van der Waals surface area (Å²) in [6.45, 7) is 4.32. The highest BCUT2D eigenvalue weighted by Gasteiger charge is 2.30. The average Bonchev–Trinajstić information content (AvgIpc) is 4.06. The molecule has 288 valence electrons. The first kappa shape index (κ1) is 36.5. The Morgan fingerprint density at radius 1 is 0.638 bits per heavy atom. The number of Topliss-reactive ketones (excluding diaryl/α,β-unsaturated/α-hetero) is 2. The van der Waals surface area contributed by atoms with Crippen molar-refractivity contribution in [3.8, 4) is 0 Å². The van der Waals surface area contributed by atoms with Crippen LogP contribution in [0, 0.1) is 0 Å². The Morgan fingerprint density at radius 3 is 1.83 bits per heavy atom. The zero-order valence-electron chi connectivity index (χ0n) is 32.0. The Hall–Kier alpha value is -7.13. The van der Waals surface area contributed by atoms with Crippen LogP contribution in [0.5, 0.6) is 0 Å². The first-order valence-electron chi connectivity index (χ1n) is 18.7. The van der Waals surface area contributed by atoms with Crippen LogP contribution in [0.3, 0.4) is 0 Å². The second kappa shape index (κ2) is 14.4. The minimum atomic E-state index is -0.0692. The number of amides is 2. The molecular formula is C43H36N10O4S. The third-order valence-corrected chi connectivity index (χ3v) is 11.5. The first-order chi connectivity index (χ1) is 28.1. The van der Waals surface area contributed by atoms with Crippen molar-refractivity contribution in [1.82, 2.24) is 19.9 Å². The predicted molar refractivity (Wildman–Crippen MR) is 226 cm³/mol. The number of nitrogens with zero attached hydrogens (tertiary/aromatic N) is 7. The number of azo groups is 2. The van der Waals surface area contributed by atoms with Gasteiger partial charge in [0.2, 0.25) is 5.13 Å². The molecule has 0 atom stereocenters. The number of aromatic amines is 3. The number of rotatable bonds is 6. The van der Waals surface area contributed by atoms with Crippen LogP contribution >= 0.6 is 11.3 Å². The molecule has 2 aliphatic rings. The minimum absolute atomic E-state index is 0.000663. The third-order valence-electron chi connectivity index (χ3n) is 10.6. The van der Waals surface area contributed by atoms with Gasteiger partial charge in [-0.3, -0.25) is 19.2 Å². The van der Waals surface area contributed by atoms with E-state index in [9.17, 15) is 19.2 Å². The van der Waals surface area contributed by atoms with E-state index in [0.29, 0.717) is 40.9 Å². The number of hydrogen-bond donors (Lipinski definition) is 3. The summed E-state index contributed by atoms with van der Waals surface area (Å²) in [6.07, 6.45) is 1.52. The molecule has 0 fully saturated rings. The highest BCUT2D eigenvalue weighted by molar-refractivity contribution is 7.21. The molecule has 0 aliphatic carbocycles. The quantitative estimate of drug-likeness (QED) is 0.112. The summed E-state index contributed by atoms with van der Waals surface area (Å²) < 4.78 is 0.907. The zero-order chi connectivity index (χ0) is 40.2. The fourth-order valence-electron chi connectivity index (χ4n) is 7.91. The van der Waals surface area contributed by atoms with Gasteiger partial charge >= 0.3 is 0 Å². The maximum Gasteiger partial charge on any atom is 0.274 e. The number of nitrogens with one attached hydrogen (secondary N) is 3. The van der Waals surface area contributed by atoms with Crippen LogP contribution < -0.4 is 9.80 Å². The Balaban J connectivity index is 0.000000150. The molecule has 8 aromatic rings. The largest absolute Gasteiger partial charge is 0.352 e. The second-order valence-electron chi connectivity index (χ2n) is 14.2. The van der Waals surface area contributed by atoms with E-state index in [1.165, 1.54) is 11.3 Å². The molecule has 0 saturated carbocycles. The third kappa shape index (κ3) is 6.34. The zero-order valence-corrected chi connectivity index (χ0v) is 32.8. The van der Waals surface area contributed by atoms with Crippen LogP contribution in [0.25, 0.3) is 42.9 Å². The summed E-state index contributed by atoms with van der Waals surface area (Å²) in [7, 11) is 3.23. The summed E-state index contributed by atoms with van der Waals surface area (Å²) in [5, 5.41) is 19.1. The van der Waals surface area contributed by atoms with Crippen molar-refractivity contribution in [2.24, 2.45) is 20.5 Å². The van der Waals surface area contributed by atoms with E-state index >= 15 is 0 Å². The molecule has 0 saturated heterocycles. The lowest BCUT2D eigenvalue weighted by atomic mass is 10.1. The van der Waals surface area contributed by atoms with Crippen LogP contribution in [0.4, 0.5) is 22.2 Å². The molecule has 14 nitrogen and oxygen atoms in total. The van der Waals surface area contributed by atoms with Crippen LogP contribution in [0.15, 0.2) is 99.3 Å². The summed E-state index contributed by atoms with van der Waals surface area (Å²) in [5.41, 5.74) is 10.6. The van der Waals surface area contributed by atoms with Gasteiger partial charge < -0.3 is 24.8 Å². The molecule has 0 unspecified atom stereocenters. The molecule has 2 aliphatic heterocycles. The van der Waals surface area contributed by atoms with Gasteiger partial charge in [0.15, 0.2) is 11.6 Å². The molecule has 58 heavy (non-hydrogen) atoms. The van der Waals surface area contributed by atoms with E-state index in [2.05, 4.69) is 40.4 Å². The molecule has 2 amide bonds. The first-order valence-corrected chi connectivity index (χ1v) is 19.5. The van der Waals surface area contributed by atoms with Crippen molar-refractivity contribution in [3.05, 3.63) is 113 Å². The molecule has 0 spiro atoms. The van der Waals surface area contributed by atoms with Gasteiger partial charge in [0.25, 0.3) is 11.8 Å². The van der Waals surface area contributed by atoms with Crippen molar-refractivity contribution < 1.29 is 19.2 Å². The lowest BCUT2D eigenvalue weighted by molar-refractivity contribution is 0.0979. The van der Waals surface area contributed by atoms with Crippen molar-refractivity contribution in [2.45, 2.75) is 26.7 Å². The molecule has 15 heteroatoms. The Kier molecular flexibility index (Phi) is 9.08. The van der Waals surface area contributed by atoms with E-state index in [1.807, 2.05) is 77.7 Å². The number of anilines is 2. The molecule has 3 N–H and O–H groups in total. The number of aromatic nitrogens is 4. The van der Waals surface area contributed by atoms with Gasteiger partial charge in [-0.05, 0) is 103 Å². The van der Waals surface area contributed by atoms with Gasteiger partial charge in [-0.25, -0.2) is 4.98 Å². The standard InChI is InChI=1S/C22H19N5O2.C21H17N5O2S/c1-12(28)19-11-16-15-7-8-27(21(15)6-5-18(16)25-19)22(29)20-10-13-9-14(26-23-2)3-4-17(13)24-20;1-11(27)17-10-14-13-7-8-26(18(13)6-5-15(14)23-17)20(28)12-3-4-16-19(9-12)29-21(24-16)25-22-2/h3-6,9-11,24-25H,7-8H2,1-2H3;3-6,9-10,23H,7-8H2,1-2H3. The molecule has 6 heterocycles. The molecule has 0 radical (unpaired) electrons. The van der Waals surface area contributed by atoms with E-state index in [0.717, 1.165) is 84.0 Å². The number of H-pyrrole nitrogens is 3. The summed E-state index contributed by atoms with van der Waals surface area (Å²) in [6, 6.07) is 24.6. The fourth-order valence-corrected chi connectivity index (χ4v) is 8.78. The molecule has 4 aromatic carbocycles. The Bertz CT molecular complexity index is 2950. The highest BCUT2D eigenvalue weighted by atomic mass is 32.1. The lowest BCUT2D eigenvalue weighted by Crippen LogP contribution is -2.29. The monoisotopic (exact) mass is 788 g/mol. The highest BCUT2D eigenvalue weighted by Crippen LogP contribution is 2.38. The number of fused-ring (bicyclic) bond motifs is 8. The smallest absolute Gasteiger partial charge is 0.274 e. The van der Waals surface area contributed by atoms with E-state index in [4.69, 9.17) is 0 Å². The summed E-state index contributed by atoms with van der Waals surface area (Å²) >= 11 is 1.41. The van der Waals surface area contributed by atoms with E-state index in [1.54, 1.807) is 38.9 Å². The van der Waals surface area contributed by atoms with Crippen molar-refractivity contribution >= 4 is 99.8 Å². The van der Waals surface area contributed by atoms with Crippen LogP contribution in [-0.4, -0.2) is 70.5 Å². The van der Waals surface area contributed by atoms with Gasteiger partial charge in [0.05, 0.1) is 27.3 Å². The van der Waals surface area contributed by atoms with Crippen molar-refractivity contribution in [1.29, 1.82) is 0 Å². The maximum atomic E-state index is 13.2. The topological polar surface area (TPSA) is 184 Å². The maximum absolute atomic E-state index is 13.2. The molecule has 0 bridgehead atoms. The normalized spacial score (nSPS) is 13.7. The Morgan fingerprint density at radius 2 is 1.22 bits per heavy atom. The van der Waals surface area contributed by atoms with Gasteiger partial charge in [0.1, 0.15) is 5.69 Å². The van der Waals surface area contributed by atoms with Gasteiger partial charge in [-0.1, -0.05) is 11.3 Å². The van der Waals surface area contributed by atoms with Gasteiger partial charge in [0, 0.05) is 90.7 Å². The number of benzene rings is 4. The van der Waals surface area contributed by atoms with Crippen molar-refractivity contribution in [3.63, 3.8) is 0 Å². The van der Waals surface area contributed by atoms with Crippen molar-refractivity contribution in [2.75, 3.05) is 37.0 Å². The Labute approximate surface area is 334 Å². The minimum Gasteiger partial charge on any atom is -0.352 e. The number of carbonyl (C=O) groups is 4. The van der Waals surface area contributed by atoms with Gasteiger partial charge in [-0.15, -0.1) is 5.11 Å². The number of thiazole rings is 1. The molecular weight excluding hydrogens is 753 g/mol. The summed E-state index contributed by atoms with van der Waals surface area (Å²) in [4.78, 5) is 67.4. The van der Waals surface area contributed by atoms with Gasteiger partial charge in [-0.2, -0.15) is 15.3 Å². The second-order valence-corrected chi connectivity index (χ2v) is 15.2. The van der Waals surface area contributed by atoms with Crippen LogP contribution in [-0.2, 0) is 12.8 Å². The number of carbonyl (C=O) groups excluding carboxylic acids is 4. The molecule has 4 aromatic heterocycles. The van der Waals surface area contributed by atoms with E-state index < -0.39 is 0 Å². The fraction of sp³-hybridized carbons (Fsp3) is 0.186. The number of hydrogen-bond acceptors (Lipinski definition) is 10. The lowest BCUT2D eigenvalue weighted by Gasteiger charge is -2.17. The average molecular weight is 789 g/mol. The SMILES string of the molecule is CN=Nc1ccc2[nH]c(C(=O)N3CCc4c3ccc3[nH]c(C(C)=O)cc43)cc2c1.CN=Nc1nc2ccc(C(=O)N3CCc4c3ccc3[nH]c(C(C)=O)cc43)cc2s1. The summed E-state index contributed by atoms with van der Waals surface area (Å²) in [5.74, 6) is -0.110. The molecule has 10 rings (SSSR count). The predicted octanol–water partition coefficient (Wildman–Crippen LogP) is 9.66.